The van der Waals surface area contributed by atoms with Gasteiger partial charge in [0.25, 0.3) is 0 Å². The third kappa shape index (κ3) is 13.7. The van der Waals surface area contributed by atoms with Crippen LogP contribution in [0.1, 0.15) is 68.2 Å². The van der Waals surface area contributed by atoms with Crippen LogP contribution in [-0.2, 0) is 28.7 Å². The Balaban J connectivity index is 5.74. The molecule has 0 rings (SSSR count). The van der Waals surface area contributed by atoms with E-state index in [2.05, 4.69) is 10.6 Å². The molecule has 0 saturated heterocycles. The Morgan fingerprint density at radius 2 is 1.38 bits per heavy atom. The van der Waals surface area contributed by atoms with Gasteiger partial charge in [-0.15, -0.1) is 0 Å². The van der Waals surface area contributed by atoms with Crippen molar-refractivity contribution in [2.45, 2.75) is 96.3 Å². The maximum absolute atomic E-state index is 13.6. The first-order chi connectivity index (χ1) is 19.1. The molecule has 4 amide bonds. The van der Waals surface area contributed by atoms with E-state index in [0.29, 0.717) is 12.8 Å². The molecular formula is C28H49Cl3N4O7. The fourth-order valence-electron chi connectivity index (χ4n) is 3.99. The average Bonchev–Trinajstić information content (AvgIpc) is 2.88. The molecular weight excluding hydrogens is 611 g/mol. The zero-order valence-corrected chi connectivity index (χ0v) is 28.6. The molecule has 42 heavy (non-hydrogen) atoms. The van der Waals surface area contributed by atoms with Gasteiger partial charge in [-0.25, -0.2) is 4.79 Å². The number of ether oxygens (including phenoxy) is 1. The van der Waals surface area contributed by atoms with Crippen molar-refractivity contribution in [1.29, 1.82) is 0 Å². The number of rotatable bonds is 16. The summed E-state index contributed by atoms with van der Waals surface area (Å²) in [7, 11) is 2.90. The molecule has 0 aliphatic carbocycles. The normalized spacial score (nSPS) is 15.5. The Kier molecular flexibility index (Phi) is 17.3. The van der Waals surface area contributed by atoms with Crippen molar-refractivity contribution < 1.29 is 33.8 Å². The van der Waals surface area contributed by atoms with E-state index in [0.717, 1.165) is 0 Å². The first-order valence-electron chi connectivity index (χ1n) is 14.2. The number of amides is 4. The second kappa shape index (κ2) is 18.1. The summed E-state index contributed by atoms with van der Waals surface area (Å²) < 4.78 is 3.19. The fourth-order valence-corrected chi connectivity index (χ4v) is 4.15. The lowest BCUT2D eigenvalue weighted by Crippen LogP contribution is -2.58. The number of aliphatic hydroxyl groups excluding tert-OH is 1. The minimum Gasteiger partial charge on any atom is -0.460 e. The molecule has 0 heterocycles. The van der Waals surface area contributed by atoms with Crippen LogP contribution in [0.5, 0.6) is 0 Å². The van der Waals surface area contributed by atoms with Crippen LogP contribution in [0.25, 0.3) is 0 Å². The molecule has 5 atom stereocenters. The zero-order chi connectivity index (χ0) is 33.1. The second-order valence-electron chi connectivity index (χ2n) is 11.9. The maximum Gasteiger partial charge on any atom is 0.329 e. The Morgan fingerprint density at radius 1 is 0.857 bits per heavy atom. The first-order valence-corrected chi connectivity index (χ1v) is 15.3. The molecule has 0 unspecified atom stereocenters. The monoisotopic (exact) mass is 658 g/mol. The number of nitrogens with one attached hydrogen (secondary N) is 2. The van der Waals surface area contributed by atoms with Gasteiger partial charge in [0.2, 0.25) is 27.4 Å². The third-order valence-electron chi connectivity index (χ3n) is 6.85. The van der Waals surface area contributed by atoms with Crippen molar-refractivity contribution in [3.05, 3.63) is 0 Å². The number of aliphatic hydroxyl groups is 1. The zero-order valence-electron chi connectivity index (χ0n) is 26.4. The molecule has 0 aromatic heterocycles. The van der Waals surface area contributed by atoms with Crippen LogP contribution in [0, 0.1) is 23.7 Å². The van der Waals surface area contributed by atoms with Crippen molar-refractivity contribution in [1.82, 2.24) is 20.4 Å². The minimum atomic E-state index is -1.81. The SMILES string of the molecule is CC[C@H](C)[C@@H](O)C(=O)N[C@H](C(=O)N(C)[C@H](CC(C)C)C(=O)N(C)CC(=O)N[C@H](C(=O)OCC(Cl)(Cl)Cl)C(C)C)C(C)C. The summed E-state index contributed by atoms with van der Waals surface area (Å²) in [6.07, 6.45) is -0.408. The van der Waals surface area contributed by atoms with Gasteiger partial charge in [-0.1, -0.05) is 96.6 Å². The van der Waals surface area contributed by atoms with Crippen LogP contribution in [0.2, 0.25) is 0 Å². The van der Waals surface area contributed by atoms with Crippen molar-refractivity contribution in [2.24, 2.45) is 23.7 Å². The van der Waals surface area contributed by atoms with Crippen LogP contribution in [-0.4, -0.2) is 99.8 Å². The topological polar surface area (TPSA) is 145 Å². The predicted octanol–water partition coefficient (Wildman–Crippen LogP) is 2.92. The number of alkyl halides is 3. The lowest BCUT2D eigenvalue weighted by Gasteiger charge is -2.35. The molecule has 0 aliphatic heterocycles. The van der Waals surface area contributed by atoms with E-state index >= 15 is 0 Å². The van der Waals surface area contributed by atoms with E-state index in [9.17, 15) is 29.1 Å². The van der Waals surface area contributed by atoms with Crippen LogP contribution in [0.4, 0.5) is 0 Å². The molecule has 0 fully saturated rings. The molecule has 0 bridgehead atoms. The Hall–Kier alpha value is -1.82. The van der Waals surface area contributed by atoms with E-state index in [1.54, 1.807) is 34.6 Å². The largest absolute Gasteiger partial charge is 0.460 e. The van der Waals surface area contributed by atoms with Crippen LogP contribution in [0.3, 0.4) is 0 Å². The molecule has 244 valence electrons. The van der Waals surface area contributed by atoms with Gasteiger partial charge in [0.1, 0.15) is 30.8 Å². The number of esters is 1. The maximum atomic E-state index is 13.6. The molecule has 0 saturated carbocycles. The smallest absolute Gasteiger partial charge is 0.329 e. The van der Waals surface area contributed by atoms with Crippen LogP contribution < -0.4 is 10.6 Å². The Morgan fingerprint density at radius 3 is 1.81 bits per heavy atom. The number of halogens is 3. The van der Waals surface area contributed by atoms with E-state index in [4.69, 9.17) is 39.5 Å². The number of nitrogens with zero attached hydrogens (tertiary/aromatic N) is 2. The number of hydrogen-bond acceptors (Lipinski definition) is 7. The van der Waals surface area contributed by atoms with Crippen LogP contribution in [0.15, 0.2) is 0 Å². The molecule has 0 aromatic carbocycles. The summed E-state index contributed by atoms with van der Waals surface area (Å²) in [4.78, 5) is 67.6. The number of likely N-dealkylation sites (N-methyl/N-ethyl adjacent to an activating group) is 2. The van der Waals surface area contributed by atoms with Gasteiger partial charge in [-0.05, 0) is 30.1 Å². The molecule has 11 nitrogen and oxygen atoms in total. The quantitative estimate of drug-likeness (QED) is 0.171. The molecule has 0 aromatic rings. The summed E-state index contributed by atoms with van der Waals surface area (Å²) >= 11 is 16.9. The second-order valence-corrected chi connectivity index (χ2v) is 14.4. The third-order valence-corrected chi connectivity index (χ3v) is 7.18. The Labute approximate surface area is 265 Å². The van der Waals surface area contributed by atoms with Gasteiger partial charge in [0.05, 0.1) is 6.54 Å². The number of carbonyl (C=O) groups is 5. The van der Waals surface area contributed by atoms with Crippen LogP contribution >= 0.6 is 34.8 Å². The van der Waals surface area contributed by atoms with E-state index in [1.807, 2.05) is 20.8 Å². The number of hydrogen-bond donors (Lipinski definition) is 3. The van der Waals surface area contributed by atoms with Gasteiger partial charge in [-0.2, -0.15) is 0 Å². The lowest BCUT2D eigenvalue weighted by molar-refractivity contribution is -0.150. The summed E-state index contributed by atoms with van der Waals surface area (Å²) in [5.41, 5.74) is 0. The van der Waals surface area contributed by atoms with E-state index in [-0.39, 0.29) is 23.7 Å². The first kappa shape index (κ1) is 40.2. The predicted molar refractivity (Wildman–Crippen MR) is 164 cm³/mol. The average molecular weight is 660 g/mol. The minimum absolute atomic E-state index is 0.00811. The van der Waals surface area contributed by atoms with Gasteiger partial charge in [0, 0.05) is 14.1 Å². The Bertz CT molecular complexity index is 928. The highest BCUT2D eigenvalue weighted by molar-refractivity contribution is 6.67. The highest BCUT2D eigenvalue weighted by Crippen LogP contribution is 2.26. The van der Waals surface area contributed by atoms with Gasteiger partial charge >= 0.3 is 5.97 Å². The van der Waals surface area contributed by atoms with E-state index in [1.165, 1.54) is 23.9 Å². The van der Waals surface area contributed by atoms with Gasteiger partial charge < -0.3 is 30.3 Å². The molecule has 0 aliphatic rings. The molecule has 14 heteroatoms. The van der Waals surface area contributed by atoms with Crippen molar-refractivity contribution in [3.8, 4) is 0 Å². The summed E-state index contributed by atoms with van der Waals surface area (Å²) in [6, 6.07) is -2.98. The molecule has 3 N–H and O–H groups in total. The standard InChI is InChI=1S/C28H49Cl3N4O7/c1-11-18(8)23(37)24(38)33-21(16(4)5)26(40)35(10)19(12-15(2)3)25(39)34(9)13-20(36)32-22(17(6)7)27(41)42-14-28(29,30)31/h15-19,21-23,37H,11-14H2,1-10H3,(H,32,36)(H,33,38)/t18-,19+,21-,22-,23+/m0/s1. The van der Waals surface area contributed by atoms with Crippen molar-refractivity contribution in [2.75, 3.05) is 27.2 Å². The fraction of sp³-hybridized carbons (Fsp3) is 0.821. The van der Waals surface area contributed by atoms with Gasteiger partial charge in [0.15, 0.2) is 0 Å². The number of carbonyl (C=O) groups excluding carboxylic acids is 5. The molecule has 0 radical (unpaired) electrons. The molecule has 0 spiro atoms. The highest BCUT2D eigenvalue weighted by Gasteiger charge is 2.37. The van der Waals surface area contributed by atoms with E-state index < -0.39 is 70.8 Å². The lowest BCUT2D eigenvalue weighted by atomic mass is 9.96. The van der Waals surface area contributed by atoms with Gasteiger partial charge in [-0.3, -0.25) is 19.2 Å². The summed E-state index contributed by atoms with van der Waals surface area (Å²) in [5.74, 6) is -4.05. The highest BCUT2D eigenvalue weighted by atomic mass is 35.6. The van der Waals surface area contributed by atoms with Crippen molar-refractivity contribution >= 4 is 64.4 Å². The summed E-state index contributed by atoms with van der Waals surface area (Å²) in [6.45, 7) is 13.4. The van der Waals surface area contributed by atoms with Crippen molar-refractivity contribution in [3.63, 3.8) is 0 Å². The summed E-state index contributed by atoms with van der Waals surface area (Å²) in [5, 5.41) is 15.5.